The second-order valence-electron chi connectivity index (χ2n) is 8.93. The molecule has 3 aromatic rings. The molecule has 0 saturated carbocycles. The lowest BCUT2D eigenvalue weighted by Gasteiger charge is -2.42. The zero-order valence-corrected chi connectivity index (χ0v) is 21.7. The van der Waals surface area contributed by atoms with Crippen LogP contribution in [0.4, 0.5) is 5.69 Å². The van der Waals surface area contributed by atoms with Crippen molar-refractivity contribution in [2.45, 2.75) is 29.0 Å². The van der Waals surface area contributed by atoms with Crippen molar-refractivity contribution in [3.05, 3.63) is 81.7 Å². The number of amides is 2. The minimum Gasteiger partial charge on any atom is -0.366 e. The van der Waals surface area contributed by atoms with Gasteiger partial charge in [-0.3, -0.25) is 9.59 Å². The van der Waals surface area contributed by atoms with Gasteiger partial charge >= 0.3 is 0 Å². The highest BCUT2D eigenvalue weighted by Gasteiger charge is 2.51. The first-order chi connectivity index (χ1) is 17.2. The van der Waals surface area contributed by atoms with Crippen LogP contribution in [0.15, 0.2) is 64.9 Å². The number of anilines is 1. The van der Waals surface area contributed by atoms with Gasteiger partial charge < -0.3 is 16.0 Å². The first kappa shape index (κ1) is 24.8. The van der Waals surface area contributed by atoms with Gasteiger partial charge in [0.2, 0.25) is 11.8 Å². The molecule has 3 N–H and O–H groups in total. The number of hydrogen-bond acceptors (Lipinski definition) is 6. The summed E-state index contributed by atoms with van der Waals surface area (Å²) in [5.41, 5.74) is 6.61. The number of rotatable bonds is 6. The number of hydrogen-bond donors (Lipinski definition) is 2. The molecule has 2 aliphatic rings. The van der Waals surface area contributed by atoms with E-state index in [1.807, 2.05) is 35.2 Å². The molecule has 0 bridgehead atoms. The summed E-state index contributed by atoms with van der Waals surface area (Å²) in [7, 11) is -3.72. The highest BCUT2D eigenvalue weighted by molar-refractivity contribution is 7.91. The summed E-state index contributed by atoms with van der Waals surface area (Å²) in [5, 5.41) is 3.42. The van der Waals surface area contributed by atoms with Crippen molar-refractivity contribution in [3.8, 4) is 0 Å². The van der Waals surface area contributed by atoms with Crippen LogP contribution in [0.1, 0.15) is 33.6 Å². The van der Waals surface area contributed by atoms with Crippen LogP contribution in [0.3, 0.4) is 0 Å². The van der Waals surface area contributed by atoms with Crippen molar-refractivity contribution in [2.75, 3.05) is 24.7 Å². The summed E-state index contributed by atoms with van der Waals surface area (Å²) in [5.74, 6) is -0.608. The topological polar surface area (TPSA) is 113 Å². The fourth-order valence-electron chi connectivity index (χ4n) is 4.90. The number of nitrogens with zero attached hydrogens (tertiary/aromatic N) is 2. The number of carbonyl (C=O) groups is 2. The van der Waals surface area contributed by atoms with E-state index < -0.39 is 21.5 Å². The molecule has 188 valence electrons. The van der Waals surface area contributed by atoms with Crippen molar-refractivity contribution < 1.29 is 18.0 Å². The van der Waals surface area contributed by atoms with Crippen LogP contribution in [0.5, 0.6) is 0 Å². The SMILES string of the molecule is NC(=O)c1ccc(Cl)c(Cc2ccc(S(=O)(=O)N3CCC4(CC3)C(=O)NCN4c3ccccc3)s2)c1. The Labute approximate surface area is 218 Å². The van der Waals surface area contributed by atoms with Gasteiger partial charge in [0, 0.05) is 40.7 Å². The predicted molar refractivity (Wildman–Crippen MR) is 140 cm³/mol. The molecular weight excluding hydrogens is 520 g/mol. The highest BCUT2D eigenvalue weighted by Crippen LogP contribution is 2.38. The monoisotopic (exact) mass is 544 g/mol. The molecule has 0 atom stereocenters. The van der Waals surface area contributed by atoms with E-state index in [2.05, 4.69) is 5.32 Å². The van der Waals surface area contributed by atoms with Gasteiger partial charge in [-0.25, -0.2) is 8.42 Å². The molecule has 8 nitrogen and oxygen atoms in total. The van der Waals surface area contributed by atoms with Gasteiger partial charge in [-0.1, -0.05) is 29.8 Å². The van der Waals surface area contributed by atoms with Crippen LogP contribution in [-0.2, 0) is 21.2 Å². The molecule has 2 fully saturated rings. The van der Waals surface area contributed by atoms with Crippen LogP contribution in [0, 0.1) is 0 Å². The number of halogens is 1. The Kier molecular flexibility index (Phi) is 6.54. The van der Waals surface area contributed by atoms with Crippen LogP contribution in [0.2, 0.25) is 5.02 Å². The van der Waals surface area contributed by atoms with Crippen LogP contribution < -0.4 is 16.0 Å². The first-order valence-corrected chi connectivity index (χ1v) is 14.1. The van der Waals surface area contributed by atoms with Crippen molar-refractivity contribution in [1.82, 2.24) is 9.62 Å². The molecule has 1 aromatic heterocycles. The van der Waals surface area contributed by atoms with E-state index in [0.29, 0.717) is 42.1 Å². The third-order valence-electron chi connectivity index (χ3n) is 6.88. The molecule has 0 aliphatic carbocycles. The van der Waals surface area contributed by atoms with E-state index in [9.17, 15) is 18.0 Å². The highest BCUT2D eigenvalue weighted by atomic mass is 35.5. The Morgan fingerprint density at radius 3 is 2.50 bits per heavy atom. The maximum Gasteiger partial charge on any atom is 0.252 e. The van der Waals surface area contributed by atoms with E-state index in [4.69, 9.17) is 17.3 Å². The summed E-state index contributed by atoms with van der Waals surface area (Å²) < 4.78 is 28.6. The molecule has 2 aromatic carbocycles. The summed E-state index contributed by atoms with van der Waals surface area (Å²) in [6.07, 6.45) is 1.19. The number of thiophene rings is 1. The minimum atomic E-state index is -3.72. The Hall–Kier alpha value is -2.92. The predicted octanol–water partition coefficient (Wildman–Crippen LogP) is 3.21. The molecule has 0 unspecified atom stereocenters. The molecule has 2 aliphatic heterocycles. The van der Waals surface area contributed by atoms with Crippen LogP contribution in [0.25, 0.3) is 0 Å². The third-order valence-corrected chi connectivity index (χ3v) is 10.7. The Bertz CT molecular complexity index is 1420. The van der Waals surface area contributed by atoms with Gasteiger partial charge in [0.15, 0.2) is 0 Å². The third kappa shape index (κ3) is 4.39. The van der Waals surface area contributed by atoms with Gasteiger partial charge in [0.05, 0.1) is 6.67 Å². The number of primary amides is 1. The normalized spacial score (nSPS) is 17.9. The van der Waals surface area contributed by atoms with Gasteiger partial charge in [-0.2, -0.15) is 4.31 Å². The van der Waals surface area contributed by atoms with Gasteiger partial charge in [0.25, 0.3) is 10.0 Å². The zero-order chi connectivity index (χ0) is 25.5. The molecule has 0 radical (unpaired) electrons. The van der Waals surface area contributed by atoms with Gasteiger partial charge in [-0.05, 0) is 60.9 Å². The average molecular weight is 545 g/mol. The minimum absolute atomic E-state index is 0.0584. The number of nitrogens with two attached hydrogens (primary N) is 1. The van der Waals surface area contributed by atoms with Crippen molar-refractivity contribution in [2.24, 2.45) is 5.73 Å². The summed E-state index contributed by atoms with van der Waals surface area (Å²) in [6.45, 7) is 0.904. The summed E-state index contributed by atoms with van der Waals surface area (Å²) in [4.78, 5) is 27.2. The smallest absolute Gasteiger partial charge is 0.252 e. The van der Waals surface area contributed by atoms with Crippen LogP contribution in [-0.4, -0.2) is 49.8 Å². The molecule has 5 rings (SSSR count). The van der Waals surface area contributed by atoms with E-state index in [-0.39, 0.29) is 23.2 Å². The molecular formula is C25H25ClN4O4S2. The first-order valence-electron chi connectivity index (χ1n) is 11.5. The lowest BCUT2D eigenvalue weighted by atomic mass is 9.86. The molecule has 11 heteroatoms. The molecule has 36 heavy (non-hydrogen) atoms. The zero-order valence-electron chi connectivity index (χ0n) is 19.3. The lowest BCUT2D eigenvalue weighted by Crippen LogP contribution is -2.57. The molecule has 3 heterocycles. The molecule has 1 spiro atoms. The number of sulfonamides is 1. The van der Waals surface area contributed by atoms with Crippen molar-refractivity contribution in [1.29, 1.82) is 0 Å². The molecule has 2 saturated heterocycles. The van der Waals surface area contributed by atoms with E-state index in [1.54, 1.807) is 30.3 Å². The summed E-state index contributed by atoms with van der Waals surface area (Å²) in [6, 6.07) is 17.9. The maximum absolute atomic E-state index is 13.4. The fraction of sp³-hybridized carbons (Fsp3) is 0.280. The number of benzene rings is 2. The summed E-state index contributed by atoms with van der Waals surface area (Å²) >= 11 is 7.46. The van der Waals surface area contributed by atoms with Crippen molar-refractivity contribution >= 4 is 50.5 Å². The second kappa shape index (κ2) is 9.51. The van der Waals surface area contributed by atoms with E-state index in [1.165, 1.54) is 15.6 Å². The lowest BCUT2D eigenvalue weighted by molar-refractivity contribution is -0.124. The Morgan fingerprint density at radius 2 is 1.81 bits per heavy atom. The van der Waals surface area contributed by atoms with Gasteiger partial charge in [0.1, 0.15) is 9.75 Å². The number of para-hydroxylation sites is 1. The standard InChI is InChI=1S/C25H25ClN4O4S2/c26-21-8-6-17(23(27)31)14-18(21)15-20-7-9-22(35-20)36(33,34)29-12-10-25(11-13-29)24(32)28-16-30(25)19-4-2-1-3-5-19/h1-9,14H,10-13,15-16H2,(H2,27,31)(H,28,32). The Morgan fingerprint density at radius 1 is 1.08 bits per heavy atom. The number of carbonyl (C=O) groups excluding carboxylic acids is 2. The fourth-order valence-corrected chi connectivity index (χ4v) is 8.06. The number of piperidine rings is 1. The van der Waals surface area contributed by atoms with Crippen molar-refractivity contribution in [3.63, 3.8) is 0 Å². The maximum atomic E-state index is 13.4. The van der Waals surface area contributed by atoms with E-state index >= 15 is 0 Å². The average Bonchev–Trinajstić information content (AvgIpc) is 3.47. The second-order valence-corrected chi connectivity index (χ2v) is 12.7. The number of nitrogens with one attached hydrogen (secondary N) is 1. The largest absolute Gasteiger partial charge is 0.366 e. The van der Waals surface area contributed by atoms with Gasteiger partial charge in [-0.15, -0.1) is 11.3 Å². The van der Waals surface area contributed by atoms with E-state index in [0.717, 1.165) is 10.6 Å². The molecule has 2 amide bonds. The van der Waals surface area contributed by atoms with Crippen LogP contribution >= 0.6 is 22.9 Å². The Balaban J connectivity index is 1.32. The quantitative estimate of drug-likeness (QED) is 0.495.